The number of nitrogens with one attached hydrogen (secondary N) is 2. The van der Waals surface area contributed by atoms with E-state index in [1.54, 1.807) is 6.07 Å². The zero-order valence-corrected chi connectivity index (χ0v) is 13.5. The van der Waals surface area contributed by atoms with E-state index < -0.39 is 10.0 Å². The number of hydrogen-bond donors (Lipinski definition) is 2. The maximum absolute atomic E-state index is 12.3. The maximum atomic E-state index is 12.3. The number of carbonyl (C=O) groups is 1. The summed E-state index contributed by atoms with van der Waals surface area (Å²) in [6, 6.07) is 4.40. The van der Waals surface area contributed by atoms with Crippen molar-refractivity contribution in [1.29, 1.82) is 0 Å². The van der Waals surface area contributed by atoms with Crippen molar-refractivity contribution in [3.05, 3.63) is 18.2 Å². The molecule has 1 amide bonds. The Bertz CT molecular complexity index is 683. The highest BCUT2D eigenvalue weighted by molar-refractivity contribution is 7.89. The molecule has 1 aromatic carbocycles. The smallest absolute Gasteiger partial charge is 0.257 e. The predicted molar refractivity (Wildman–Crippen MR) is 82.5 cm³/mol. The van der Waals surface area contributed by atoms with Gasteiger partial charge in [0.25, 0.3) is 10.0 Å². The molecule has 1 aromatic rings. The third-order valence-electron chi connectivity index (χ3n) is 4.06. The van der Waals surface area contributed by atoms with Gasteiger partial charge in [-0.2, -0.15) is 0 Å². The second kappa shape index (κ2) is 6.76. The molecule has 2 aliphatic rings. The molecule has 0 atom stereocenters. The standard InChI is InChI=1S/C15H20N2O5S/c18-15(11-4-1-2-5-11)16-17-23(19,20)12-6-7-13-14(10-12)22-9-3-8-21-13/h6-7,10-11,17H,1-5,8-9H2,(H,16,18). The molecule has 2 N–H and O–H groups in total. The van der Waals surface area contributed by atoms with Crippen molar-refractivity contribution in [2.75, 3.05) is 13.2 Å². The summed E-state index contributed by atoms with van der Waals surface area (Å²) in [5.41, 5.74) is 2.31. The average molecular weight is 340 g/mol. The molecule has 0 bridgehead atoms. The fraction of sp³-hybridized carbons (Fsp3) is 0.533. The topological polar surface area (TPSA) is 93.7 Å². The van der Waals surface area contributed by atoms with Crippen molar-refractivity contribution in [1.82, 2.24) is 10.3 Å². The Morgan fingerprint density at radius 2 is 1.74 bits per heavy atom. The van der Waals surface area contributed by atoms with Crippen LogP contribution in [0.4, 0.5) is 0 Å². The van der Waals surface area contributed by atoms with Crippen LogP contribution in [0.15, 0.2) is 23.1 Å². The first kappa shape index (κ1) is 16.1. The normalized spacial score (nSPS) is 18.4. The van der Waals surface area contributed by atoms with Crippen LogP contribution in [0.25, 0.3) is 0 Å². The molecule has 8 heteroatoms. The second-order valence-electron chi connectivity index (χ2n) is 5.74. The van der Waals surface area contributed by atoms with E-state index in [0.29, 0.717) is 24.7 Å². The lowest BCUT2D eigenvalue weighted by molar-refractivity contribution is -0.125. The summed E-state index contributed by atoms with van der Waals surface area (Å²) in [5, 5.41) is 0. The van der Waals surface area contributed by atoms with E-state index in [2.05, 4.69) is 10.3 Å². The minimum absolute atomic E-state index is 0.0217. The van der Waals surface area contributed by atoms with Crippen LogP contribution in [-0.4, -0.2) is 27.5 Å². The van der Waals surface area contributed by atoms with Gasteiger partial charge in [-0.1, -0.05) is 12.8 Å². The molecular formula is C15H20N2O5S. The van der Waals surface area contributed by atoms with E-state index in [4.69, 9.17) is 9.47 Å². The van der Waals surface area contributed by atoms with Gasteiger partial charge < -0.3 is 9.47 Å². The van der Waals surface area contributed by atoms with E-state index in [0.717, 1.165) is 32.1 Å². The Hall–Kier alpha value is -1.80. The zero-order chi connectivity index (χ0) is 16.3. The van der Waals surface area contributed by atoms with Crippen LogP contribution in [0.2, 0.25) is 0 Å². The molecule has 1 heterocycles. The Labute approximate surface area is 135 Å². The third-order valence-corrected chi connectivity index (χ3v) is 5.31. The molecule has 1 fully saturated rings. The summed E-state index contributed by atoms with van der Waals surface area (Å²) in [7, 11) is -3.85. The Kier molecular flexibility index (Phi) is 4.72. The minimum atomic E-state index is -3.85. The highest BCUT2D eigenvalue weighted by Crippen LogP contribution is 2.31. The molecule has 1 saturated carbocycles. The molecule has 126 valence electrons. The van der Waals surface area contributed by atoms with Crippen molar-refractivity contribution < 1.29 is 22.7 Å². The first-order valence-corrected chi connectivity index (χ1v) is 9.26. The molecular weight excluding hydrogens is 320 g/mol. The van der Waals surface area contributed by atoms with E-state index in [1.165, 1.54) is 12.1 Å². The lowest BCUT2D eigenvalue weighted by atomic mass is 10.1. The summed E-state index contributed by atoms with van der Waals surface area (Å²) >= 11 is 0. The molecule has 3 rings (SSSR count). The highest BCUT2D eigenvalue weighted by Gasteiger charge is 2.25. The van der Waals surface area contributed by atoms with Crippen LogP contribution in [-0.2, 0) is 14.8 Å². The van der Waals surface area contributed by atoms with E-state index in [9.17, 15) is 13.2 Å². The first-order valence-electron chi connectivity index (χ1n) is 7.77. The number of ether oxygens (including phenoxy) is 2. The number of benzene rings is 1. The minimum Gasteiger partial charge on any atom is -0.490 e. The zero-order valence-electron chi connectivity index (χ0n) is 12.7. The van der Waals surface area contributed by atoms with Crippen LogP contribution >= 0.6 is 0 Å². The summed E-state index contributed by atoms with van der Waals surface area (Å²) in [6.07, 6.45) is 4.36. The van der Waals surface area contributed by atoms with Crippen LogP contribution < -0.4 is 19.7 Å². The van der Waals surface area contributed by atoms with Gasteiger partial charge >= 0.3 is 0 Å². The molecule has 0 unspecified atom stereocenters. The van der Waals surface area contributed by atoms with Crippen molar-refractivity contribution in [3.8, 4) is 11.5 Å². The van der Waals surface area contributed by atoms with Gasteiger partial charge in [0.05, 0.1) is 18.1 Å². The van der Waals surface area contributed by atoms with Gasteiger partial charge in [0.15, 0.2) is 11.5 Å². The number of amides is 1. The molecule has 1 aliphatic carbocycles. The third kappa shape index (κ3) is 3.76. The molecule has 0 aromatic heterocycles. The number of hydrogen-bond acceptors (Lipinski definition) is 5. The van der Waals surface area contributed by atoms with Crippen molar-refractivity contribution in [2.24, 2.45) is 5.92 Å². The summed E-state index contributed by atoms with van der Waals surface area (Å²) in [4.78, 5) is 14.1. The van der Waals surface area contributed by atoms with Crippen LogP contribution in [0.1, 0.15) is 32.1 Å². The number of carbonyl (C=O) groups excluding carboxylic acids is 1. The number of hydrazine groups is 1. The largest absolute Gasteiger partial charge is 0.490 e. The van der Waals surface area contributed by atoms with E-state index in [-0.39, 0.29) is 16.7 Å². The van der Waals surface area contributed by atoms with Gasteiger partial charge in [-0.3, -0.25) is 10.2 Å². The molecule has 0 radical (unpaired) electrons. The fourth-order valence-corrected chi connectivity index (χ4v) is 3.64. The van der Waals surface area contributed by atoms with Gasteiger partial charge in [-0.05, 0) is 25.0 Å². The second-order valence-corrected chi connectivity index (χ2v) is 7.42. The van der Waals surface area contributed by atoms with Crippen molar-refractivity contribution in [3.63, 3.8) is 0 Å². The SMILES string of the molecule is O=C(NNS(=O)(=O)c1ccc2c(c1)OCCCO2)C1CCCC1. The molecule has 0 spiro atoms. The molecule has 1 aliphatic heterocycles. The molecule has 23 heavy (non-hydrogen) atoms. The van der Waals surface area contributed by atoms with Crippen molar-refractivity contribution >= 4 is 15.9 Å². The van der Waals surface area contributed by atoms with Crippen LogP contribution in [0.3, 0.4) is 0 Å². The van der Waals surface area contributed by atoms with Crippen molar-refractivity contribution in [2.45, 2.75) is 37.0 Å². The monoisotopic (exact) mass is 340 g/mol. The first-order chi connectivity index (χ1) is 11.1. The lowest BCUT2D eigenvalue weighted by Gasteiger charge is -2.13. The lowest BCUT2D eigenvalue weighted by Crippen LogP contribution is -2.44. The molecule has 7 nitrogen and oxygen atoms in total. The highest BCUT2D eigenvalue weighted by atomic mass is 32.2. The van der Waals surface area contributed by atoms with Crippen LogP contribution in [0, 0.1) is 5.92 Å². The van der Waals surface area contributed by atoms with E-state index in [1.807, 2.05) is 0 Å². The predicted octanol–water partition coefficient (Wildman–Crippen LogP) is 1.35. The van der Waals surface area contributed by atoms with E-state index >= 15 is 0 Å². The van der Waals surface area contributed by atoms with Gasteiger partial charge in [-0.25, -0.2) is 8.42 Å². The van der Waals surface area contributed by atoms with Crippen LogP contribution in [0.5, 0.6) is 11.5 Å². The van der Waals surface area contributed by atoms with Gasteiger partial charge in [0.2, 0.25) is 5.91 Å². The fourth-order valence-electron chi connectivity index (χ4n) is 2.78. The van der Waals surface area contributed by atoms with Gasteiger partial charge in [0.1, 0.15) is 0 Å². The van der Waals surface area contributed by atoms with Gasteiger partial charge in [0, 0.05) is 18.4 Å². The number of sulfonamides is 1. The Balaban J connectivity index is 1.69. The Morgan fingerprint density at radius 1 is 1.04 bits per heavy atom. The quantitative estimate of drug-likeness (QED) is 0.807. The average Bonchev–Trinajstić information content (AvgIpc) is 2.98. The summed E-state index contributed by atoms with van der Waals surface area (Å²) in [6.45, 7) is 1.01. The maximum Gasteiger partial charge on any atom is 0.257 e. The Morgan fingerprint density at radius 3 is 2.48 bits per heavy atom. The molecule has 0 saturated heterocycles. The van der Waals surface area contributed by atoms with Gasteiger partial charge in [-0.15, -0.1) is 4.83 Å². The number of fused-ring (bicyclic) bond motifs is 1. The number of rotatable bonds is 4. The summed E-state index contributed by atoms with van der Waals surface area (Å²) in [5.74, 6) is 0.533. The summed E-state index contributed by atoms with van der Waals surface area (Å²) < 4.78 is 35.6.